The van der Waals surface area contributed by atoms with E-state index in [1.165, 1.54) is 0 Å². The molecule has 1 N–H and O–H groups in total. The highest BCUT2D eigenvalue weighted by Gasteiger charge is 2.03. The number of nitrogens with zero attached hydrogens (tertiary/aromatic N) is 5. The van der Waals surface area contributed by atoms with E-state index in [1.807, 2.05) is 23.3 Å². The second-order valence-electron chi connectivity index (χ2n) is 5.39. The molecule has 6 nitrogen and oxygen atoms in total. The van der Waals surface area contributed by atoms with Crippen molar-refractivity contribution in [2.45, 2.75) is 46.8 Å². The van der Waals surface area contributed by atoms with Crippen LogP contribution in [0.4, 0.5) is 0 Å². The van der Waals surface area contributed by atoms with Crippen molar-refractivity contribution in [1.29, 1.82) is 0 Å². The number of aromatic nitrogens is 5. The second kappa shape index (κ2) is 7.19. The number of rotatable bonds is 8. The van der Waals surface area contributed by atoms with Crippen LogP contribution in [-0.2, 0) is 26.1 Å². The van der Waals surface area contributed by atoms with Gasteiger partial charge >= 0.3 is 0 Å². The van der Waals surface area contributed by atoms with Crippen molar-refractivity contribution >= 4 is 0 Å². The maximum atomic E-state index is 4.32. The highest BCUT2D eigenvalue weighted by atomic mass is 15.4. The van der Waals surface area contributed by atoms with E-state index in [-0.39, 0.29) is 0 Å². The van der Waals surface area contributed by atoms with E-state index in [9.17, 15) is 0 Å². The summed E-state index contributed by atoms with van der Waals surface area (Å²) in [5.41, 5.74) is 0.993. The lowest BCUT2D eigenvalue weighted by atomic mass is 10.2. The van der Waals surface area contributed by atoms with Gasteiger partial charge in [0.2, 0.25) is 0 Å². The molecule has 0 atom stereocenters. The predicted octanol–water partition coefficient (Wildman–Crippen LogP) is 1.48. The molecular formula is C14H24N6. The van der Waals surface area contributed by atoms with Gasteiger partial charge in [0, 0.05) is 38.1 Å². The minimum atomic E-state index is 0.652. The van der Waals surface area contributed by atoms with E-state index in [1.54, 1.807) is 0 Å². The molecular weight excluding hydrogens is 252 g/mol. The standard InChI is InChI=1S/C14H24N6/c1-4-14-16-5-6-19(14)7-8-20-11-13(17-18-20)10-15-9-12(2)3/h5-6,11-12,15H,4,7-10H2,1-3H3. The fourth-order valence-corrected chi connectivity index (χ4v) is 2.09. The molecule has 0 saturated carbocycles. The Morgan fingerprint density at radius 1 is 1.30 bits per heavy atom. The van der Waals surface area contributed by atoms with Crippen LogP contribution < -0.4 is 5.32 Å². The van der Waals surface area contributed by atoms with Gasteiger partial charge in [-0.25, -0.2) is 4.98 Å². The summed E-state index contributed by atoms with van der Waals surface area (Å²) in [6.07, 6.45) is 6.83. The largest absolute Gasteiger partial charge is 0.333 e. The molecule has 20 heavy (non-hydrogen) atoms. The van der Waals surface area contributed by atoms with E-state index >= 15 is 0 Å². The molecule has 0 radical (unpaired) electrons. The van der Waals surface area contributed by atoms with Crippen LogP contribution >= 0.6 is 0 Å². The van der Waals surface area contributed by atoms with Crippen molar-refractivity contribution < 1.29 is 0 Å². The van der Waals surface area contributed by atoms with Gasteiger partial charge in [0.1, 0.15) is 5.82 Å². The zero-order valence-electron chi connectivity index (χ0n) is 12.6. The zero-order chi connectivity index (χ0) is 14.4. The lowest BCUT2D eigenvalue weighted by molar-refractivity contribution is 0.509. The number of imidazole rings is 1. The fourth-order valence-electron chi connectivity index (χ4n) is 2.09. The third-order valence-electron chi connectivity index (χ3n) is 3.13. The molecule has 0 aliphatic carbocycles. The second-order valence-corrected chi connectivity index (χ2v) is 5.39. The summed E-state index contributed by atoms with van der Waals surface area (Å²) < 4.78 is 4.06. The van der Waals surface area contributed by atoms with Crippen LogP contribution in [0.3, 0.4) is 0 Å². The molecule has 0 aliphatic rings. The van der Waals surface area contributed by atoms with Crippen LogP contribution in [0.5, 0.6) is 0 Å². The smallest absolute Gasteiger partial charge is 0.108 e. The molecule has 2 rings (SSSR count). The van der Waals surface area contributed by atoms with Gasteiger partial charge in [-0.1, -0.05) is 26.0 Å². The molecule has 0 aromatic carbocycles. The van der Waals surface area contributed by atoms with Crippen LogP contribution in [0.25, 0.3) is 0 Å². The van der Waals surface area contributed by atoms with Gasteiger partial charge in [-0.05, 0) is 12.5 Å². The summed E-state index contributed by atoms with van der Waals surface area (Å²) in [4.78, 5) is 4.32. The molecule has 0 amide bonds. The topological polar surface area (TPSA) is 60.6 Å². The Balaban J connectivity index is 1.81. The van der Waals surface area contributed by atoms with Gasteiger partial charge in [0.05, 0.1) is 12.2 Å². The highest BCUT2D eigenvalue weighted by Crippen LogP contribution is 2.00. The minimum Gasteiger partial charge on any atom is -0.333 e. The first-order valence-electron chi connectivity index (χ1n) is 7.28. The summed E-state index contributed by atoms with van der Waals surface area (Å²) in [6.45, 7) is 9.99. The van der Waals surface area contributed by atoms with Crippen molar-refractivity contribution in [3.8, 4) is 0 Å². The molecule has 2 aromatic heterocycles. The Morgan fingerprint density at radius 3 is 2.90 bits per heavy atom. The molecule has 110 valence electrons. The summed E-state index contributed by atoms with van der Waals surface area (Å²) in [6, 6.07) is 0. The normalized spacial score (nSPS) is 11.4. The van der Waals surface area contributed by atoms with E-state index in [4.69, 9.17) is 0 Å². The Hall–Kier alpha value is -1.69. The van der Waals surface area contributed by atoms with Gasteiger partial charge in [0.25, 0.3) is 0 Å². The van der Waals surface area contributed by atoms with E-state index in [0.717, 1.165) is 44.1 Å². The third kappa shape index (κ3) is 4.16. The molecule has 2 aromatic rings. The lowest BCUT2D eigenvalue weighted by Gasteiger charge is -2.06. The van der Waals surface area contributed by atoms with Gasteiger partial charge in [-0.15, -0.1) is 5.10 Å². The summed E-state index contributed by atoms with van der Waals surface area (Å²) in [5, 5.41) is 11.7. The average Bonchev–Trinajstić information content (AvgIpc) is 3.04. The predicted molar refractivity (Wildman–Crippen MR) is 78.2 cm³/mol. The maximum absolute atomic E-state index is 4.32. The van der Waals surface area contributed by atoms with E-state index in [0.29, 0.717) is 5.92 Å². The first-order valence-corrected chi connectivity index (χ1v) is 7.28. The number of aryl methyl sites for hydroxylation is 3. The summed E-state index contributed by atoms with van der Waals surface area (Å²) >= 11 is 0. The van der Waals surface area contributed by atoms with E-state index in [2.05, 4.69) is 46.0 Å². The minimum absolute atomic E-state index is 0.652. The molecule has 0 bridgehead atoms. The molecule has 0 saturated heterocycles. The SMILES string of the molecule is CCc1nccn1CCn1cc(CNCC(C)C)nn1. The van der Waals surface area contributed by atoms with Crippen molar-refractivity contribution in [2.24, 2.45) is 5.92 Å². The first-order chi connectivity index (χ1) is 9.69. The zero-order valence-corrected chi connectivity index (χ0v) is 12.6. The van der Waals surface area contributed by atoms with Gasteiger partial charge in [-0.2, -0.15) is 0 Å². The lowest BCUT2D eigenvalue weighted by Crippen LogP contribution is -2.19. The maximum Gasteiger partial charge on any atom is 0.108 e. The number of hydrogen-bond acceptors (Lipinski definition) is 4. The van der Waals surface area contributed by atoms with Crippen LogP contribution in [0.2, 0.25) is 0 Å². The van der Waals surface area contributed by atoms with Gasteiger partial charge < -0.3 is 9.88 Å². The van der Waals surface area contributed by atoms with E-state index < -0.39 is 0 Å². The number of hydrogen-bond donors (Lipinski definition) is 1. The monoisotopic (exact) mass is 276 g/mol. The van der Waals surface area contributed by atoms with Crippen molar-refractivity contribution in [2.75, 3.05) is 6.54 Å². The molecule has 2 heterocycles. The van der Waals surface area contributed by atoms with Gasteiger partial charge in [-0.3, -0.25) is 4.68 Å². The molecule has 0 spiro atoms. The van der Waals surface area contributed by atoms with Crippen molar-refractivity contribution in [3.63, 3.8) is 0 Å². The quantitative estimate of drug-likeness (QED) is 0.793. The van der Waals surface area contributed by atoms with Crippen LogP contribution in [-0.4, -0.2) is 31.1 Å². The van der Waals surface area contributed by atoms with Crippen LogP contribution in [0.15, 0.2) is 18.6 Å². The molecule has 6 heteroatoms. The Labute approximate surface area is 120 Å². The van der Waals surface area contributed by atoms with Gasteiger partial charge in [0.15, 0.2) is 0 Å². The first kappa shape index (κ1) is 14.7. The van der Waals surface area contributed by atoms with Crippen LogP contribution in [0, 0.1) is 5.92 Å². The molecule has 0 unspecified atom stereocenters. The molecule has 0 fully saturated rings. The van der Waals surface area contributed by atoms with Crippen LogP contribution in [0.1, 0.15) is 32.3 Å². The summed E-state index contributed by atoms with van der Waals surface area (Å²) in [7, 11) is 0. The summed E-state index contributed by atoms with van der Waals surface area (Å²) in [5.74, 6) is 1.77. The third-order valence-corrected chi connectivity index (χ3v) is 3.13. The number of nitrogens with one attached hydrogen (secondary N) is 1. The Morgan fingerprint density at radius 2 is 2.15 bits per heavy atom. The Kier molecular flexibility index (Phi) is 5.29. The average molecular weight is 276 g/mol. The fraction of sp³-hybridized carbons (Fsp3) is 0.643. The van der Waals surface area contributed by atoms with Crippen molar-refractivity contribution in [1.82, 2.24) is 29.9 Å². The van der Waals surface area contributed by atoms with Crippen molar-refractivity contribution in [3.05, 3.63) is 30.1 Å². The Bertz CT molecular complexity index is 513. The molecule has 0 aliphatic heterocycles. The highest BCUT2D eigenvalue weighted by molar-refractivity contribution is 4.93.